The second kappa shape index (κ2) is 6.15. The van der Waals surface area contributed by atoms with Gasteiger partial charge in [-0.05, 0) is 51.9 Å². The third-order valence-electron chi connectivity index (χ3n) is 3.45. The summed E-state index contributed by atoms with van der Waals surface area (Å²) in [4.78, 5) is 0. The van der Waals surface area contributed by atoms with E-state index < -0.39 is 0 Å². The van der Waals surface area contributed by atoms with Crippen molar-refractivity contribution in [2.45, 2.75) is 66.2 Å². The van der Waals surface area contributed by atoms with E-state index in [4.69, 9.17) is 0 Å². The van der Waals surface area contributed by atoms with Crippen molar-refractivity contribution in [2.24, 2.45) is 5.92 Å². The van der Waals surface area contributed by atoms with Crippen molar-refractivity contribution in [3.05, 3.63) is 22.8 Å². The maximum absolute atomic E-state index is 2.41. The van der Waals surface area contributed by atoms with Crippen LogP contribution in [0.15, 0.2) is 22.8 Å². The highest BCUT2D eigenvalue weighted by molar-refractivity contribution is 5.22. The zero-order chi connectivity index (χ0) is 11.3. The lowest BCUT2D eigenvalue weighted by atomic mass is 9.90. The molecule has 0 saturated carbocycles. The topological polar surface area (TPSA) is 0 Å². The zero-order valence-electron chi connectivity index (χ0n) is 10.9. The summed E-state index contributed by atoms with van der Waals surface area (Å²) in [5, 5.41) is 0. The molecule has 0 unspecified atom stereocenters. The lowest BCUT2D eigenvalue weighted by Crippen LogP contribution is -1.97. The molecule has 0 aromatic heterocycles. The molecule has 1 aliphatic carbocycles. The van der Waals surface area contributed by atoms with Crippen molar-refractivity contribution in [1.82, 2.24) is 0 Å². The summed E-state index contributed by atoms with van der Waals surface area (Å²) in [6.45, 7) is 9.22. The molecule has 15 heavy (non-hydrogen) atoms. The summed E-state index contributed by atoms with van der Waals surface area (Å²) in [7, 11) is 0. The summed E-state index contributed by atoms with van der Waals surface area (Å²) < 4.78 is 0. The summed E-state index contributed by atoms with van der Waals surface area (Å²) in [6.07, 6.45) is 10.3. The van der Waals surface area contributed by atoms with Crippen LogP contribution in [0.1, 0.15) is 66.2 Å². The molecular weight excluding hydrogens is 180 g/mol. The first-order valence-electron chi connectivity index (χ1n) is 6.42. The molecule has 0 atom stereocenters. The van der Waals surface area contributed by atoms with Crippen molar-refractivity contribution < 1.29 is 0 Å². The molecule has 0 N–H and O–H groups in total. The Morgan fingerprint density at radius 2 is 2.07 bits per heavy atom. The van der Waals surface area contributed by atoms with Gasteiger partial charge >= 0.3 is 0 Å². The molecular formula is C15H26. The average Bonchev–Trinajstić information content (AvgIpc) is 2.18. The number of hydrogen-bond donors (Lipinski definition) is 0. The van der Waals surface area contributed by atoms with Gasteiger partial charge < -0.3 is 0 Å². The quantitative estimate of drug-likeness (QED) is 0.550. The van der Waals surface area contributed by atoms with Crippen LogP contribution in [-0.4, -0.2) is 0 Å². The molecule has 0 heteroatoms. The first kappa shape index (κ1) is 12.5. The van der Waals surface area contributed by atoms with Gasteiger partial charge in [-0.15, -0.1) is 0 Å². The molecule has 0 fully saturated rings. The average molecular weight is 206 g/mol. The van der Waals surface area contributed by atoms with Gasteiger partial charge in [-0.2, -0.15) is 0 Å². The zero-order valence-corrected chi connectivity index (χ0v) is 10.9. The van der Waals surface area contributed by atoms with Gasteiger partial charge in [-0.3, -0.25) is 0 Å². The minimum atomic E-state index is 0.858. The Bertz CT molecular complexity index is 253. The number of hydrogen-bond acceptors (Lipinski definition) is 0. The van der Waals surface area contributed by atoms with E-state index >= 15 is 0 Å². The van der Waals surface area contributed by atoms with Crippen LogP contribution in [0.25, 0.3) is 0 Å². The van der Waals surface area contributed by atoms with Crippen LogP contribution >= 0.6 is 0 Å². The van der Waals surface area contributed by atoms with Crippen molar-refractivity contribution in [3.63, 3.8) is 0 Å². The second-order valence-corrected chi connectivity index (χ2v) is 5.42. The van der Waals surface area contributed by atoms with Gasteiger partial charge in [0.1, 0.15) is 0 Å². The van der Waals surface area contributed by atoms with Crippen LogP contribution in [0.3, 0.4) is 0 Å². The van der Waals surface area contributed by atoms with E-state index in [0.29, 0.717) is 0 Å². The third-order valence-corrected chi connectivity index (χ3v) is 3.45. The lowest BCUT2D eigenvalue weighted by Gasteiger charge is -2.16. The highest BCUT2D eigenvalue weighted by Gasteiger charge is 2.07. The van der Waals surface area contributed by atoms with Gasteiger partial charge in [-0.1, -0.05) is 43.1 Å². The molecule has 86 valence electrons. The molecule has 0 aromatic carbocycles. The van der Waals surface area contributed by atoms with E-state index in [-0.39, 0.29) is 0 Å². The Labute approximate surface area is 95.5 Å². The van der Waals surface area contributed by atoms with Gasteiger partial charge in [0.05, 0.1) is 0 Å². The Morgan fingerprint density at radius 3 is 2.60 bits per heavy atom. The second-order valence-electron chi connectivity index (χ2n) is 5.42. The highest BCUT2D eigenvalue weighted by atomic mass is 14.1. The Morgan fingerprint density at radius 1 is 1.33 bits per heavy atom. The SMILES string of the molecule is CC1=CC/C(=C(\C)CCCC(C)C)CC1. The normalized spacial score (nSPS) is 20.5. The maximum atomic E-state index is 2.41. The fourth-order valence-electron chi connectivity index (χ4n) is 2.19. The fourth-order valence-corrected chi connectivity index (χ4v) is 2.19. The molecule has 0 radical (unpaired) electrons. The minimum Gasteiger partial charge on any atom is -0.0815 e. The van der Waals surface area contributed by atoms with Crippen LogP contribution in [0.5, 0.6) is 0 Å². The monoisotopic (exact) mass is 206 g/mol. The van der Waals surface area contributed by atoms with Gasteiger partial charge in [-0.25, -0.2) is 0 Å². The molecule has 1 rings (SSSR count). The Hall–Kier alpha value is -0.520. The number of rotatable bonds is 4. The van der Waals surface area contributed by atoms with E-state index in [0.717, 1.165) is 5.92 Å². The summed E-state index contributed by atoms with van der Waals surface area (Å²) in [5.41, 5.74) is 4.96. The highest BCUT2D eigenvalue weighted by Crippen LogP contribution is 2.27. The van der Waals surface area contributed by atoms with E-state index in [2.05, 4.69) is 33.8 Å². The van der Waals surface area contributed by atoms with Crippen LogP contribution in [0.2, 0.25) is 0 Å². The predicted molar refractivity (Wildman–Crippen MR) is 69.0 cm³/mol. The van der Waals surface area contributed by atoms with Crippen molar-refractivity contribution in [3.8, 4) is 0 Å². The third kappa shape index (κ3) is 4.68. The van der Waals surface area contributed by atoms with E-state index in [1.54, 1.807) is 16.7 Å². The lowest BCUT2D eigenvalue weighted by molar-refractivity contribution is 0.553. The molecule has 0 bridgehead atoms. The first-order chi connectivity index (χ1) is 7.09. The molecule has 0 saturated heterocycles. The van der Waals surface area contributed by atoms with Gasteiger partial charge in [0.25, 0.3) is 0 Å². The minimum absolute atomic E-state index is 0.858. The molecule has 0 spiro atoms. The summed E-state index contributed by atoms with van der Waals surface area (Å²) in [5.74, 6) is 0.858. The Balaban J connectivity index is 2.38. The van der Waals surface area contributed by atoms with Crippen LogP contribution in [0, 0.1) is 5.92 Å². The van der Waals surface area contributed by atoms with E-state index in [1.807, 2.05) is 0 Å². The Kier molecular flexibility index (Phi) is 5.14. The van der Waals surface area contributed by atoms with Crippen LogP contribution in [0.4, 0.5) is 0 Å². The molecule has 0 heterocycles. The fraction of sp³-hybridized carbons (Fsp3) is 0.733. The molecule has 0 aliphatic heterocycles. The van der Waals surface area contributed by atoms with Crippen molar-refractivity contribution in [1.29, 1.82) is 0 Å². The van der Waals surface area contributed by atoms with Gasteiger partial charge in [0.2, 0.25) is 0 Å². The maximum Gasteiger partial charge on any atom is -0.0134 e. The van der Waals surface area contributed by atoms with E-state index in [9.17, 15) is 0 Å². The number of allylic oxidation sites excluding steroid dienone is 4. The smallest absolute Gasteiger partial charge is 0.0134 e. The molecule has 0 nitrogen and oxygen atoms in total. The largest absolute Gasteiger partial charge is 0.0815 e. The van der Waals surface area contributed by atoms with Crippen LogP contribution < -0.4 is 0 Å². The van der Waals surface area contributed by atoms with Crippen molar-refractivity contribution in [2.75, 3.05) is 0 Å². The predicted octanol–water partition coefficient (Wildman–Crippen LogP) is 5.26. The van der Waals surface area contributed by atoms with Gasteiger partial charge in [0.15, 0.2) is 0 Å². The summed E-state index contributed by atoms with van der Waals surface area (Å²) in [6, 6.07) is 0. The molecule has 0 aromatic rings. The van der Waals surface area contributed by atoms with Crippen molar-refractivity contribution >= 4 is 0 Å². The molecule has 1 aliphatic rings. The van der Waals surface area contributed by atoms with Gasteiger partial charge in [0, 0.05) is 0 Å². The summed E-state index contributed by atoms with van der Waals surface area (Å²) >= 11 is 0. The molecule has 0 amide bonds. The standard InChI is InChI=1S/C15H26/c1-12(2)6-5-7-14(4)15-10-8-13(3)9-11-15/h8,12H,5-7,9-11H2,1-4H3/b15-14-. The first-order valence-corrected chi connectivity index (χ1v) is 6.42. The van der Waals surface area contributed by atoms with Crippen LogP contribution in [-0.2, 0) is 0 Å². The van der Waals surface area contributed by atoms with E-state index in [1.165, 1.54) is 38.5 Å².